The van der Waals surface area contributed by atoms with E-state index in [1.807, 2.05) is 4.90 Å². The van der Waals surface area contributed by atoms with Crippen molar-refractivity contribution in [1.82, 2.24) is 15.5 Å². The van der Waals surface area contributed by atoms with Crippen LogP contribution in [0.4, 0.5) is 4.79 Å². The molecule has 0 spiro atoms. The molecule has 0 saturated carbocycles. The fraction of sp³-hybridized carbons (Fsp3) is 0.900. The van der Waals surface area contributed by atoms with Crippen LogP contribution < -0.4 is 10.6 Å². The van der Waals surface area contributed by atoms with Gasteiger partial charge in [0.15, 0.2) is 0 Å². The molecule has 2 rings (SSSR count). The second-order valence-electron chi connectivity index (χ2n) is 4.19. The SMILES string of the molecule is O=C(NC1CCCNC1)N1CCCC1. The lowest BCUT2D eigenvalue weighted by molar-refractivity contribution is 0.201. The third-order valence-corrected chi connectivity index (χ3v) is 3.02. The number of hydrogen-bond donors (Lipinski definition) is 2. The van der Waals surface area contributed by atoms with Gasteiger partial charge in [0.2, 0.25) is 0 Å². The Hall–Kier alpha value is -0.770. The van der Waals surface area contributed by atoms with Gasteiger partial charge in [-0.05, 0) is 32.2 Å². The second kappa shape index (κ2) is 4.64. The lowest BCUT2D eigenvalue weighted by Crippen LogP contribution is -2.49. The van der Waals surface area contributed by atoms with Crippen LogP contribution in [0.25, 0.3) is 0 Å². The van der Waals surface area contributed by atoms with Crippen molar-refractivity contribution in [3.8, 4) is 0 Å². The van der Waals surface area contributed by atoms with Crippen LogP contribution >= 0.6 is 0 Å². The fourth-order valence-corrected chi connectivity index (χ4v) is 2.16. The number of amides is 2. The zero-order valence-corrected chi connectivity index (χ0v) is 8.59. The summed E-state index contributed by atoms with van der Waals surface area (Å²) in [6.07, 6.45) is 4.62. The fourth-order valence-electron chi connectivity index (χ4n) is 2.16. The topological polar surface area (TPSA) is 44.4 Å². The maximum atomic E-state index is 11.7. The third kappa shape index (κ3) is 2.38. The predicted molar refractivity (Wildman–Crippen MR) is 55.2 cm³/mol. The van der Waals surface area contributed by atoms with E-state index in [0.717, 1.165) is 45.4 Å². The molecule has 0 aromatic heterocycles. The van der Waals surface area contributed by atoms with Crippen LogP contribution in [0.2, 0.25) is 0 Å². The minimum Gasteiger partial charge on any atom is -0.334 e. The van der Waals surface area contributed by atoms with Gasteiger partial charge in [-0.1, -0.05) is 0 Å². The summed E-state index contributed by atoms with van der Waals surface area (Å²) in [6.45, 7) is 3.90. The van der Waals surface area contributed by atoms with Crippen molar-refractivity contribution >= 4 is 6.03 Å². The third-order valence-electron chi connectivity index (χ3n) is 3.02. The van der Waals surface area contributed by atoms with Gasteiger partial charge in [0.05, 0.1) is 0 Å². The van der Waals surface area contributed by atoms with E-state index >= 15 is 0 Å². The summed E-state index contributed by atoms with van der Waals surface area (Å²) in [5, 5.41) is 6.38. The molecular formula is C10H19N3O. The molecule has 0 radical (unpaired) electrons. The number of urea groups is 1. The Morgan fingerprint density at radius 2 is 2.07 bits per heavy atom. The van der Waals surface area contributed by atoms with Gasteiger partial charge >= 0.3 is 6.03 Å². The molecule has 2 fully saturated rings. The molecule has 1 atom stereocenters. The first-order valence-corrected chi connectivity index (χ1v) is 5.62. The summed E-state index contributed by atoms with van der Waals surface area (Å²) in [6, 6.07) is 0.480. The largest absolute Gasteiger partial charge is 0.334 e. The number of likely N-dealkylation sites (tertiary alicyclic amines) is 1. The minimum atomic E-state index is 0.135. The number of rotatable bonds is 1. The predicted octanol–water partition coefficient (Wildman–Crippen LogP) is 0.544. The van der Waals surface area contributed by atoms with E-state index in [4.69, 9.17) is 0 Å². The Bertz CT molecular complexity index is 196. The number of carbonyl (C=O) groups excluding carboxylic acids is 1. The van der Waals surface area contributed by atoms with Crippen molar-refractivity contribution in [2.24, 2.45) is 0 Å². The van der Waals surface area contributed by atoms with E-state index in [0.29, 0.717) is 6.04 Å². The Kier molecular flexibility index (Phi) is 3.24. The van der Waals surface area contributed by atoms with Crippen LogP contribution in [0.15, 0.2) is 0 Å². The van der Waals surface area contributed by atoms with E-state index in [-0.39, 0.29) is 6.03 Å². The molecule has 14 heavy (non-hydrogen) atoms. The first-order valence-electron chi connectivity index (χ1n) is 5.62. The average molecular weight is 197 g/mol. The number of carbonyl (C=O) groups is 1. The Morgan fingerprint density at radius 1 is 1.29 bits per heavy atom. The summed E-state index contributed by atoms with van der Waals surface area (Å²) >= 11 is 0. The molecule has 1 unspecified atom stereocenters. The van der Waals surface area contributed by atoms with Gasteiger partial charge < -0.3 is 15.5 Å². The van der Waals surface area contributed by atoms with E-state index in [1.54, 1.807) is 0 Å². The molecule has 2 aliphatic rings. The molecule has 0 aliphatic carbocycles. The van der Waals surface area contributed by atoms with Crippen LogP contribution in [0.5, 0.6) is 0 Å². The molecule has 2 amide bonds. The Balaban J connectivity index is 1.75. The first kappa shape index (κ1) is 9.77. The lowest BCUT2D eigenvalue weighted by atomic mass is 10.1. The van der Waals surface area contributed by atoms with Crippen LogP contribution in [0.1, 0.15) is 25.7 Å². The number of nitrogens with one attached hydrogen (secondary N) is 2. The van der Waals surface area contributed by atoms with E-state index < -0.39 is 0 Å². The maximum absolute atomic E-state index is 11.7. The number of piperidine rings is 1. The summed E-state index contributed by atoms with van der Waals surface area (Å²) in [5.74, 6) is 0. The standard InChI is InChI=1S/C10H19N3O/c14-10(13-6-1-2-7-13)12-9-4-3-5-11-8-9/h9,11H,1-8H2,(H,12,14). The average Bonchev–Trinajstić information content (AvgIpc) is 2.72. The van der Waals surface area contributed by atoms with Crippen molar-refractivity contribution in [3.05, 3.63) is 0 Å². The van der Waals surface area contributed by atoms with Crippen molar-refractivity contribution < 1.29 is 4.79 Å². The monoisotopic (exact) mass is 197 g/mol. The van der Waals surface area contributed by atoms with Crippen LogP contribution in [0, 0.1) is 0 Å². The molecule has 0 aromatic carbocycles. The van der Waals surface area contributed by atoms with E-state index in [9.17, 15) is 4.79 Å². The highest BCUT2D eigenvalue weighted by molar-refractivity contribution is 5.74. The van der Waals surface area contributed by atoms with Crippen molar-refractivity contribution in [2.75, 3.05) is 26.2 Å². The van der Waals surface area contributed by atoms with Crippen molar-refractivity contribution in [3.63, 3.8) is 0 Å². The van der Waals surface area contributed by atoms with Gasteiger partial charge in [-0.25, -0.2) is 4.79 Å². The smallest absolute Gasteiger partial charge is 0.317 e. The Labute approximate surface area is 85.0 Å². The van der Waals surface area contributed by atoms with E-state index in [2.05, 4.69) is 10.6 Å². The Morgan fingerprint density at radius 3 is 2.71 bits per heavy atom. The number of hydrogen-bond acceptors (Lipinski definition) is 2. The molecule has 2 N–H and O–H groups in total. The molecule has 4 nitrogen and oxygen atoms in total. The minimum absolute atomic E-state index is 0.135. The van der Waals surface area contributed by atoms with Crippen molar-refractivity contribution in [2.45, 2.75) is 31.7 Å². The van der Waals surface area contributed by atoms with Gasteiger partial charge in [-0.15, -0.1) is 0 Å². The van der Waals surface area contributed by atoms with E-state index in [1.165, 1.54) is 6.42 Å². The van der Waals surface area contributed by atoms with Gasteiger partial charge in [0.1, 0.15) is 0 Å². The molecule has 4 heteroatoms. The quantitative estimate of drug-likeness (QED) is 0.644. The van der Waals surface area contributed by atoms with Crippen molar-refractivity contribution in [1.29, 1.82) is 0 Å². The molecule has 80 valence electrons. The van der Waals surface area contributed by atoms with Gasteiger partial charge in [-0.3, -0.25) is 0 Å². The highest BCUT2D eigenvalue weighted by Gasteiger charge is 2.21. The number of nitrogens with zero attached hydrogens (tertiary/aromatic N) is 1. The molecule has 0 aromatic rings. The first-order chi connectivity index (χ1) is 6.86. The molecule has 0 bridgehead atoms. The molecule has 2 aliphatic heterocycles. The molecular weight excluding hydrogens is 178 g/mol. The molecule has 2 heterocycles. The van der Waals surface area contributed by atoms with Gasteiger partial charge in [-0.2, -0.15) is 0 Å². The maximum Gasteiger partial charge on any atom is 0.317 e. The van der Waals surface area contributed by atoms with Crippen LogP contribution in [-0.2, 0) is 0 Å². The summed E-state index contributed by atoms with van der Waals surface area (Å²) in [4.78, 5) is 13.6. The highest BCUT2D eigenvalue weighted by atomic mass is 16.2. The van der Waals surface area contributed by atoms with Gasteiger partial charge in [0.25, 0.3) is 0 Å². The van der Waals surface area contributed by atoms with Crippen LogP contribution in [0.3, 0.4) is 0 Å². The van der Waals surface area contributed by atoms with Gasteiger partial charge in [0, 0.05) is 25.7 Å². The zero-order valence-electron chi connectivity index (χ0n) is 8.59. The normalized spacial score (nSPS) is 27.7. The molecule has 2 saturated heterocycles. The van der Waals surface area contributed by atoms with Crippen LogP contribution in [-0.4, -0.2) is 43.2 Å². The highest BCUT2D eigenvalue weighted by Crippen LogP contribution is 2.08. The summed E-state index contributed by atoms with van der Waals surface area (Å²) in [7, 11) is 0. The lowest BCUT2D eigenvalue weighted by Gasteiger charge is -2.26. The summed E-state index contributed by atoms with van der Waals surface area (Å²) < 4.78 is 0. The summed E-state index contributed by atoms with van der Waals surface area (Å²) in [5.41, 5.74) is 0. The zero-order chi connectivity index (χ0) is 9.80. The second-order valence-corrected chi connectivity index (χ2v) is 4.19.